The second-order valence-electron chi connectivity index (χ2n) is 6.11. The first-order valence-corrected chi connectivity index (χ1v) is 7.75. The monoisotopic (exact) mass is 251 g/mol. The minimum absolute atomic E-state index is 0.535. The normalized spacial score (nSPS) is 24.4. The molecule has 0 heterocycles. The number of rotatable bonds is 4. The number of nitrogens with one attached hydrogen (secondary N) is 2. The molecule has 0 radical (unpaired) electrons. The van der Waals surface area contributed by atoms with E-state index in [-0.39, 0.29) is 0 Å². The van der Waals surface area contributed by atoms with Gasteiger partial charge < -0.3 is 10.6 Å². The molecule has 18 heavy (non-hydrogen) atoms. The van der Waals surface area contributed by atoms with Crippen molar-refractivity contribution in [1.29, 1.82) is 0 Å². The number of hydrogen-bond donors (Lipinski definition) is 2. The first-order chi connectivity index (χ1) is 8.78. The van der Waals surface area contributed by atoms with Crippen LogP contribution >= 0.6 is 0 Å². The maximum absolute atomic E-state index is 4.37. The first-order valence-electron chi connectivity index (χ1n) is 7.75. The van der Waals surface area contributed by atoms with E-state index in [4.69, 9.17) is 0 Å². The molecule has 2 fully saturated rings. The molecule has 0 aliphatic heterocycles. The van der Waals surface area contributed by atoms with Gasteiger partial charge in [-0.1, -0.05) is 32.6 Å². The summed E-state index contributed by atoms with van der Waals surface area (Å²) < 4.78 is 0. The van der Waals surface area contributed by atoms with Crippen molar-refractivity contribution in [1.82, 2.24) is 10.6 Å². The second-order valence-corrected chi connectivity index (χ2v) is 6.11. The van der Waals surface area contributed by atoms with Gasteiger partial charge in [0.1, 0.15) is 0 Å². The molecule has 3 heteroatoms. The minimum atomic E-state index is 0.535. The third-order valence-electron chi connectivity index (χ3n) is 4.96. The first kappa shape index (κ1) is 13.7. The van der Waals surface area contributed by atoms with Crippen molar-refractivity contribution in [3.05, 3.63) is 0 Å². The lowest BCUT2D eigenvalue weighted by Crippen LogP contribution is -2.46. The Morgan fingerprint density at radius 1 is 1.17 bits per heavy atom. The van der Waals surface area contributed by atoms with Crippen LogP contribution in [-0.2, 0) is 0 Å². The average Bonchev–Trinajstić information content (AvgIpc) is 3.06. The molecule has 0 aromatic heterocycles. The van der Waals surface area contributed by atoms with Crippen LogP contribution in [0.25, 0.3) is 0 Å². The number of hydrogen-bond acceptors (Lipinski definition) is 1. The molecule has 104 valence electrons. The summed E-state index contributed by atoms with van der Waals surface area (Å²) in [5.41, 5.74) is 0.535. The fraction of sp³-hybridized carbons (Fsp3) is 0.933. The fourth-order valence-electron chi connectivity index (χ4n) is 3.51. The maximum Gasteiger partial charge on any atom is 0.191 e. The summed E-state index contributed by atoms with van der Waals surface area (Å²) in [7, 11) is 1.89. The third-order valence-corrected chi connectivity index (χ3v) is 4.96. The van der Waals surface area contributed by atoms with E-state index < -0.39 is 0 Å². The third kappa shape index (κ3) is 3.39. The standard InChI is InChI=1S/C15H29N3/c1-3-15(10-6-7-11-15)12-17-14(16-2)18-13-8-4-5-9-13/h13H,3-12H2,1-2H3,(H2,16,17,18). The zero-order chi connectivity index (χ0) is 12.8. The molecule has 0 amide bonds. The van der Waals surface area contributed by atoms with E-state index in [1.807, 2.05) is 7.05 Å². The highest BCUT2D eigenvalue weighted by Crippen LogP contribution is 2.40. The van der Waals surface area contributed by atoms with Crippen LogP contribution in [0.4, 0.5) is 0 Å². The van der Waals surface area contributed by atoms with Gasteiger partial charge in [-0.3, -0.25) is 4.99 Å². The summed E-state index contributed by atoms with van der Waals surface area (Å²) in [6, 6.07) is 0.650. The average molecular weight is 251 g/mol. The van der Waals surface area contributed by atoms with E-state index in [1.54, 1.807) is 0 Å². The molecule has 2 aliphatic rings. The molecule has 2 saturated carbocycles. The summed E-state index contributed by atoms with van der Waals surface area (Å²) in [6.07, 6.45) is 12.2. The zero-order valence-corrected chi connectivity index (χ0v) is 12.1. The Kier molecular flexibility index (Phi) is 4.90. The topological polar surface area (TPSA) is 36.4 Å². The maximum atomic E-state index is 4.37. The van der Waals surface area contributed by atoms with Gasteiger partial charge in [0.05, 0.1) is 0 Å². The lowest BCUT2D eigenvalue weighted by Gasteiger charge is -2.29. The Bertz CT molecular complexity index is 273. The minimum Gasteiger partial charge on any atom is -0.356 e. The van der Waals surface area contributed by atoms with E-state index in [0.29, 0.717) is 11.5 Å². The van der Waals surface area contributed by atoms with Gasteiger partial charge in [0.25, 0.3) is 0 Å². The lowest BCUT2D eigenvalue weighted by molar-refractivity contribution is 0.283. The van der Waals surface area contributed by atoms with Crippen molar-refractivity contribution >= 4 is 5.96 Å². The molecule has 0 bridgehead atoms. The van der Waals surface area contributed by atoms with Crippen LogP contribution in [-0.4, -0.2) is 25.6 Å². The summed E-state index contributed by atoms with van der Waals surface area (Å²) in [6.45, 7) is 3.43. The molecule has 0 unspecified atom stereocenters. The summed E-state index contributed by atoms with van der Waals surface area (Å²) in [4.78, 5) is 4.37. The summed E-state index contributed by atoms with van der Waals surface area (Å²) in [5.74, 6) is 1.02. The zero-order valence-electron chi connectivity index (χ0n) is 12.1. The molecule has 0 saturated heterocycles. The molecule has 2 rings (SSSR count). The Labute approximate surface area is 112 Å². The van der Waals surface area contributed by atoms with Crippen molar-refractivity contribution in [2.45, 2.75) is 70.8 Å². The van der Waals surface area contributed by atoms with Gasteiger partial charge in [-0.15, -0.1) is 0 Å². The predicted octanol–water partition coefficient (Wildman–Crippen LogP) is 3.06. The van der Waals surface area contributed by atoms with Crippen LogP contribution in [0.1, 0.15) is 64.7 Å². The number of guanidine groups is 1. The van der Waals surface area contributed by atoms with Crippen molar-refractivity contribution < 1.29 is 0 Å². The van der Waals surface area contributed by atoms with Crippen LogP contribution in [0.2, 0.25) is 0 Å². The Morgan fingerprint density at radius 3 is 2.39 bits per heavy atom. The molecule has 0 atom stereocenters. The fourth-order valence-corrected chi connectivity index (χ4v) is 3.51. The smallest absolute Gasteiger partial charge is 0.191 e. The van der Waals surface area contributed by atoms with Crippen molar-refractivity contribution in [2.24, 2.45) is 10.4 Å². The van der Waals surface area contributed by atoms with Crippen LogP contribution < -0.4 is 10.6 Å². The molecular weight excluding hydrogens is 222 g/mol. The van der Waals surface area contributed by atoms with Gasteiger partial charge in [-0.25, -0.2) is 0 Å². The van der Waals surface area contributed by atoms with E-state index in [0.717, 1.165) is 12.5 Å². The van der Waals surface area contributed by atoms with Gasteiger partial charge in [0.2, 0.25) is 0 Å². The highest BCUT2D eigenvalue weighted by atomic mass is 15.2. The molecule has 0 aromatic carbocycles. The number of aliphatic imine (C=N–C) groups is 1. The molecule has 0 aromatic rings. The molecule has 0 spiro atoms. The largest absolute Gasteiger partial charge is 0.356 e. The highest BCUT2D eigenvalue weighted by Gasteiger charge is 2.32. The van der Waals surface area contributed by atoms with Crippen molar-refractivity contribution in [2.75, 3.05) is 13.6 Å². The van der Waals surface area contributed by atoms with E-state index >= 15 is 0 Å². The van der Waals surface area contributed by atoms with Gasteiger partial charge in [-0.05, 0) is 37.5 Å². The Morgan fingerprint density at radius 2 is 1.83 bits per heavy atom. The Hall–Kier alpha value is -0.730. The molecular formula is C15H29N3. The van der Waals surface area contributed by atoms with Gasteiger partial charge in [-0.2, -0.15) is 0 Å². The van der Waals surface area contributed by atoms with Crippen molar-refractivity contribution in [3.8, 4) is 0 Å². The highest BCUT2D eigenvalue weighted by molar-refractivity contribution is 5.80. The Balaban J connectivity index is 1.79. The van der Waals surface area contributed by atoms with Gasteiger partial charge in [0, 0.05) is 19.6 Å². The van der Waals surface area contributed by atoms with Gasteiger partial charge in [0.15, 0.2) is 5.96 Å². The van der Waals surface area contributed by atoms with Crippen molar-refractivity contribution in [3.63, 3.8) is 0 Å². The summed E-state index contributed by atoms with van der Waals surface area (Å²) >= 11 is 0. The predicted molar refractivity (Wildman–Crippen MR) is 77.9 cm³/mol. The lowest BCUT2D eigenvalue weighted by atomic mass is 9.83. The summed E-state index contributed by atoms with van der Waals surface area (Å²) in [5, 5.41) is 7.14. The SMILES string of the molecule is CCC1(CNC(=NC)NC2CCCC2)CCCC1. The number of nitrogens with zero attached hydrogens (tertiary/aromatic N) is 1. The second kappa shape index (κ2) is 6.44. The van der Waals surface area contributed by atoms with Gasteiger partial charge >= 0.3 is 0 Å². The van der Waals surface area contributed by atoms with E-state index in [9.17, 15) is 0 Å². The van der Waals surface area contributed by atoms with Crippen LogP contribution in [0.3, 0.4) is 0 Å². The van der Waals surface area contributed by atoms with E-state index in [1.165, 1.54) is 57.8 Å². The quantitative estimate of drug-likeness (QED) is 0.595. The van der Waals surface area contributed by atoms with Crippen LogP contribution in [0.5, 0.6) is 0 Å². The van der Waals surface area contributed by atoms with E-state index in [2.05, 4.69) is 22.5 Å². The molecule has 2 aliphatic carbocycles. The molecule has 3 nitrogen and oxygen atoms in total. The molecule has 2 N–H and O–H groups in total. The van der Waals surface area contributed by atoms with Crippen LogP contribution in [0.15, 0.2) is 4.99 Å². The van der Waals surface area contributed by atoms with Crippen LogP contribution in [0, 0.1) is 5.41 Å².